The van der Waals surface area contributed by atoms with Crippen LogP contribution in [0.4, 0.5) is 5.69 Å². The van der Waals surface area contributed by atoms with Crippen molar-refractivity contribution in [3.8, 4) is 0 Å². The summed E-state index contributed by atoms with van der Waals surface area (Å²) in [4.78, 5) is 12.3. The maximum Gasteiger partial charge on any atom is 0.225 e. The minimum absolute atomic E-state index is 0.000650. The largest absolute Gasteiger partial charge is 0.394 e. The molecule has 1 aliphatic heterocycles. The normalized spacial score (nSPS) is 19.1. The van der Waals surface area contributed by atoms with E-state index >= 15 is 0 Å². The van der Waals surface area contributed by atoms with Crippen molar-refractivity contribution in [2.24, 2.45) is 11.8 Å². The van der Waals surface area contributed by atoms with Crippen molar-refractivity contribution < 1.29 is 9.90 Å². The highest BCUT2D eigenvalue weighted by Crippen LogP contribution is 2.24. The van der Waals surface area contributed by atoms with Gasteiger partial charge < -0.3 is 15.7 Å². The molecule has 1 aromatic rings. The molecule has 0 aromatic heterocycles. The van der Waals surface area contributed by atoms with Crippen molar-refractivity contribution in [1.29, 1.82) is 0 Å². The second-order valence-electron chi connectivity index (χ2n) is 5.96. The van der Waals surface area contributed by atoms with E-state index in [1.54, 1.807) is 0 Å². The molecule has 1 heterocycles. The van der Waals surface area contributed by atoms with E-state index in [9.17, 15) is 9.90 Å². The molecule has 2 unspecified atom stereocenters. The first-order valence-electron chi connectivity index (χ1n) is 7.33. The summed E-state index contributed by atoms with van der Waals surface area (Å²) in [5.74, 6) is 0.426. The van der Waals surface area contributed by atoms with Gasteiger partial charge in [-0.25, -0.2) is 0 Å². The van der Waals surface area contributed by atoms with Crippen LogP contribution in [0.15, 0.2) is 24.3 Å². The molecule has 4 nitrogen and oxygen atoms in total. The van der Waals surface area contributed by atoms with E-state index in [1.165, 1.54) is 5.56 Å². The SMILES string of the molecule is CC(C)CC(CO)NC(=O)C1CNc2ccccc2C1. The number of aliphatic hydroxyl groups is 1. The number of rotatable bonds is 5. The Morgan fingerprint density at radius 1 is 1.45 bits per heavy atom. The molecule has 0 spiro atoms. The predicted octanol–water partition coefficient (Wildman–Crippen LogP) is 1.79. The van der Waals surface area contributed by atoms with E-state index in [0.29, 0.717) is 12.5 Å². The van der Waals surface area contributed by atoms with E-state index in [0.717, 1.165) is 18.5 Å². The second kappa shape index (κ2) is 6.75. The lowest BCUT2D eigenvalue weighted by atomic mass is 9.92. The summed E-state index contributed by atoms with van der Waals surface area (Å²) < 4.78 is 0. The number of nitrogens with one attached hydrogen (secondary N) is 2. The number of carbonyl (C=O) groups excluding carboxylic acids is 1. The van der Waals surface area contributed by atoms with Gasteiger partial charge in [-0.3, -0.25) is 4.79 Å². The van der Waals surface area contributed by atoms with Gasteiger partial charge in [-0.1, -0.05) is 32.0 Å². The van der Waals surface area contributed by atoms with Gasteiger partial charge in [0.25, 0.3) is 0 Å². The van der Waals surface area contributed by atoms with Crippen LogP contribution in [0.5, 0.6) is 0 Å². The van der Waals surface area contributed by atoms with E-state index < -0.39 is 0 Å². The summed E-state index contributed by atoms with van der Waals surface area (Å²) in [6, 6.07) is 7.95. The third kappa shape index (κ3) is 3.73. The summed E-state index contributed by atoms with van der Waals surface area (Å²) in [6.07, 6.45) is 1.56. The zero-order valence-corrected chi connectivity index (χ0v) is 12.2. The van der Waals surface area contributed by atoms with Crippen LogP contribution in [0.2, 0.25) is 0 Å². The van der Waals surface area contributed by atoms with Crippen molar-refractivity contribution in [3.05, 3.63) is 29.8 Å². The topological polar surface area (TPSA) is 61.4 Å². The number of anilines is 1. The smallest absolute Gasteiger partial charge is 0.225 e. The van der Waals surface area contributed by atoms with Gasteiger partial charge in [0, 0.05) is 12.2 Å². The molecular formula is C16H24N2O2. The van der Waals surface area contributed by atoms with Crippen LogP contribution in [0, 0.1) is 11.8 Å². The Morgan fingerprint density at radius 3 is 2.90 bits per heavy atom. The van der Waals surface area contributed by atoms with Gasteiger partial charge in [0.1, 0.15) is 0 Å². The zero-order chi connectivity index (χ0) is 14.5. The number of fused-ring (bicyclic) bond motifs is 1. The minimum Gasteiger partial charge on any atom is -0.394 e. The molecular weight excluding hydrogens is 252 g/mol. The van der Waals surface area contributed by atoms with Crippen molar-refractivity contribution in [2.75, 3.05) is 18.5 Å². The molecule has 0 saturated carbocycles. The Hall–Kier alpha value is -1.55. The lowest BCUT2D eigenvalue weighted by Crippen LogP contribution is -2.45. The molecule has 1 aliphatic rings. The third-order valence-electron chi connectivity index (χ3n) is 3.72. The first-order valence-corrected chi connectivity index (χ1v) is 7.33. The van der Waals surface area contributed by atoms with Crippen LogP contribution < -0.4 is 10.6 Å². The summed E-state index contributed by atoms with van der Waals surface area (Å²) in [5.41, 5.74) is 2.31. The molecule has 2 atom stereocenters. The van der Waals surface area contributed by atoms with Crippen LogP contribution in [0.1, 0.15) is 25.8 Å². The molecule has 0 fully saturated rings. The van der Waals surface area contributed by atoms with Gasteiger partial charge in [-0.05, 0) is 30.4 Å². The minimum atomic E-state index is -0.139. The predicted molar refractivity (Wildman–Crippen MR) is 80.6 cm³/mol. The Labute approximate surface area is 120 Å². The molecule has 1 aromatic carbocycles. The average molecular weight is 276 g/mol. The highest BCUT2D eigenvalue weighted by Gasteiger charge is 2.25. The molecule has 0 aliphatic carbocycles. The fourth-order valence-corrected chi connectivity index (χ4v) is 2.69. The molecule has 0 saturated heterocycles. The Bertz CT molecular complexity index is 460. The number of aliphatic hydroxyl groups excluding tert-OH is 1. The number of hydrogen-bond acceptors (Lipinski definition) is 3. The maximum atomic E-state index is 12.3. The molecule has 20 heavy (non-hydrogen) atoms. The first kappa shape index (κ1) is 14.9. The molecule has 1 amide bonds. The van der Waals surface area contributed by atoms with E-state index in [2.05, 4.69) is 30.5 Å². The van der Waals surface area contributed by atoms with Crippen LogP contribution in [-0.2, 0) is 11.2 Å². The molecule has 2 rings (SSSR count). The van der Waals surface area contributed by atoms with Gasteiger partial charge in [0.2, 0.25) is 5.91 Å². The molecule has 4 heteroatoms. The Balaban J connectivity index is 1.94. The van der Waals surface area contributed by atoms with E-state index in [-0.39, 0.29) is 24.5 Å². The monoisotopic (exact) mass is 276 g/mol. The van der Waals surface area contributed by atoms with Crippen molar-refractivity contribution >= 4 is 11.6 Å². The van der Waals surface area contributed by atoms with E-state index in [1.807, 2.05) is 18.2 Å². The Kier molecular flexibility index (Phi) is 5.01. The standard InChI is InChI=1S/C16H24N2O2/c1-11(2)7-14(10-19)18-16(20)13-8-12-5-3-4-6-15(12)17-9-13/h3-6,11,13-14,17,19H,7-10H2,1-2H3,(H,18,20). The van der Waals surface area contributed by atoms with Gasteiger partial charge in [-0.2, -0.15) is 0 Å². The van der Waals surface area contributed by atoms with Gasteiger partial charge in [0.05, 0.1) is 18.6 Å². The lowest BCUT2D eigenvalue weighted by Gasteiger charge is -2.27. The fraction of sp³-hybridized carbons (Fsp3) is 0.562. The zero-order valence-electron chi connectivity index (χ0n) is 12.2. The third-order valence-corrected chi connectivity index (χ3v) is 3.72. The summed E-state index contributed by atoms with van der Waals surface area (Å²) in [6.45, 7) is 4.84. The number of carbonyl (C=O) groups is 1. The number of hydrogen-bond donors (Lipinski definition) is 3. The summed E-state index contributed by atoms with van der Waals surface area (Å²) in [5, 5.41) is 15.6. The van der Waals surface area contributed by atoms with E-state index in [4.69, 9.17) is 0 Å². The van der Waals surface area contributed by atoms with Crippen LogP contribution in [0.25, 0.3) is 0 Å². The molecule has 3 N–H and O–H groups in total. The van der Waals surface area contributed by atoms with Crippen LogP contribution in [-0.4, -0.2) is 30.2 Å². The number of benzene rings is 1. The number of para-hydroxylation sites is 1. The van der Waals surface area contributed by atoms with Crippen molar-refractivity contribution in [1.82, 2.24) is 5.32 Å². The highest BCUT2D eigenvalue weighted by molar-refractivity contribution is 5.81. The average Bonchev–Trinajstić information content (AvgIpc) is 2.45. The maximum absolute atomic E-state index is 12.3. The number of amides is 1. The molecule has 110 valence electrons. The Morgan fingerprint density at radius 2 is 2.20 bits per heavy atom. The fourth-order valence-electron chi connectivity index (χ4n) is 2.69. The summed E-state index contributed by atoms with van der Waals surface area (Å²) in [7, 11) is 0. The lowest BCUT2D eigenvalue weighted by molar-refractivity contribution is -0.125. The quantitative estimate of drug-likeness (QED) is 0.768. The molecule has 0 bridgehead atoms. The van der Waals surface area contributed by atoms with Crippen molar-refractivity contribution in [2.45, 2.75) is 32.7 Å². The molecule has 0 radical (unpaired) electrons. The highest BCUT2D eigenvalue weighted by atomic mass is 16.3. The second-order valence-corrected chi connectivity index (χ2v) is 5.96. The van der Waals surface area contributed by atoms with Crippen LogP contribution >= 0.6 is 0 Å². The van der Waals surface area contributed by atoms with Gasteiger partial charge in [0.15, 0.2) is 0 Å². The van der Waals surface area contributed by atoms with Crippen molar-refractivity contribution in [3.63, 3.8) is 0 Å². The summed E-state index contributed by atoms with van der Waals surface area (Å²) >= 11 is 0. The first-order chi connectivity index (χ1) is 9.60. The van der Waals surface area contributed by atoms with Gasteiger partial charge in [-0.15, -0.1) is 0 Å². The van der Waals surface area contributed by atoms with Gasteiger partial charge >= 0.3 is 0 Å². The van der Waals surface area contributed by atoms with Crippen LogP contribution in [0.3, 0.4) is 0 Å².